The van der Waals surface area contributed by atoms with Crippen LogP contribution in [0.15, 0.2) is 40.8 Å². The molecule has 2 N–H and O–H groups in total. The zero-order valence-corrected chi connectivity index (χ0v) is 10.9. The van der Waals surface area contributed by atoms with Gasteiger partial charge in [-0.05, 0) is 34.7 Å². The van der Waals surface area contributed by atoms with Gasteiger partial charge in [-0.25, -0.2) is 0 Å². The zero-order chi connectivity index (χ0) is 12.0. The molecule has 0 amide bonds. The van der Waals surface area contributed by atoms with Crippen LogP contribution in [0.4, 0.5) is 0 Å². The van der Waals surface area contributed by atoms with E-state index in [9.17, 15) is 10.0 Å². The predicted molar refractivity (Wildman–Crippen MR) is 76.3 cm³/mol. The van der Waals surface area contributed by atoms with Crippen molar-refractivity contribution < 1.29 is 14.5 Å². The van der Waals surface area contributed by atoms with Crippen LogP contribution in [0, 0.1) is 3.57 Å². The molecule has 0 radical (unpaired) electrons. The SMILES string of the molecule is OB(O)c1ccc(I)c2c1oc1ccccc12. The van der Waals surface area contributed by atoms with E-state index in [-0.39, 0.29) is 0 Å². The molecule has 84 valence electrons. The van der Waals surface area contributed by atoms with Crippen molar-refractivity contribution in [2.24, 2.45) is 0 Å². The average molecular weight is 338 g/mol. The summed E-state index contributed by atoms with van der Waals surface area (Å²) >= 11 is 2.22. The molecule has 0 spiro atoms. The molecule has 0 saturated carbocycles. The lowest BCUT2D eigenvalue weighted by molar-refractivity contribution is 0.425. The Hall–Kier alpha value is -1.05. The number of benzene rings is 2. The van der Waals surface area contributed by atoms with Crippen molar-refractivity contribution in [2.45, 2.75) is 0 Å². The highest BCUT2D eigenvalue weighted by molar-refractivity contribution is 14.1. The minimum absolute atomic E-state index is 0.400. The molecule has 0 aliphatic carbocycles. The summed E-state index contributed by atoms with van der Waals surface area (Å²) in [5.41, 5.74) is 1.71. The van der Waals surface area contributed by atoms with Gasteiger partial charge in [0.05, 0.1) is 0 Å². The molecular weight excluding hydrogens is 330 g/mol. The predicted octanol–water partition coefficient (Wildman–Crippen LogP) is 1.87. The third-order valence-electron chi connectivity index (χ3n) is 2.78. The Kier molecular flexibility index (Phi) is 2.61. The van der Waals surface area contributed by atoms with Crippen LogP contribution in [-0.4, -0.2) is 17.2 Å². The number of hydrogen-bond donors (Lipinski definition) is 2. The first-order valence-electron chi connectivity index (χ1n) is 5.14. The average Bonchev–Trinajstić information content (AvgIpc) is 2.68. The van der Waals surface area contributed by atoms with Crippen LogP contribution in [0.25, 0.3) is 21.9 Å². The molecule has 1 aromatic heterocycles. The van der Waals surface area contributed by atoms with Gasteiger partial charge in [0.25, 0.3) is 0 Å². The molecule has 0 atom stereocenters. The lowest BCUT2D eigenvalue weighted by atomic mass is 9.79. The van der Waals surface area contributed by atoms with Gasteiger partial charge in [0.15, 0.2) is 0 Å². The van der Waals surface area contributed by atoms with E-state index in [1.165, 1.54) is 0 Å². The van der Waals surface area contributed by atoms with Crippen molar-refractivity contribution in [2.75, 3.05) is 0 Å². The Bertz CT molecular complexity index is 705. The molecule has 2 aromatic carbocycles. The maximum atomic E-state index is 9.33. The van der Waals surface area contributed by atoms with E-state index in [4.69, 9.17) is 4.42 Å². The molecule has 0 aliphatic rings. The molecule has 3 rings (SSSR count). The molecule has 0 fully saturated rings. The summed E-state index contributed by atoms with van der Waals surface area (Å²) in [6, 6.07) is 11.2. The maximum absolute atomic E-state index is 9.33. The van der Waals surface area contributed by atoms with Gasteiger partial charge in [-0.2, -0.15) is 0 Å². The van der Waals surface area contributed by atoms with Gasteiger partial charge in [-0.3, -0.25) is 0 Å². The Balaban J connectivity index is 2.54. The van der Waals surface area contributed by atoms with Gasteiger partial charge in [0, 0.05) is 19.8 Å². The molecule has 0 bridgehead atoms. The fourth-order valence-electron chi connectivity index (χ4n) is 2.01. The number of para-hydroxylation sites is 1. The van der Waals surface area contributed by atoms with Crippen LogP contribution in [-0.2, 0) is 0 Å². The molecule has 0 saturated heterocycles. The second-order valence-corrected chi connectivity index (χ2v) is 4.97. The van der Waals surface area contributed by atoms with Crippen LogP contribution >= 0.6 is 22.6 Å². The van der Waals surface area contributed by atoms with E-state index in [1.54, 1.807) is 6.07 Å². The normalized spacial score (nSPS) is 11.2. The van der Waals surface area contributed by atoms with Crippen molar-refractivity contribution in [3.63, 3.8) is 0 Å². The van der Waals surface area contributed by atoms with E-state index >= 15 is 0 Å². The van der Waals surface area contributed by atoms with Crippen molar-refractivity contribution in [1.29, 1.82) is 0 Å². The van der Waals surface area contributed by atoms with E-state index in [0.29, 0.717) is 11.0 Å². The van der Waals surface area contributed by atoms with Crippen LogP contribution in [0.1, 0.15) is 0 Å². The maximum Gasteiger partial charge on any atom is 0.492 e. The van der Waals surface area contributed by atoms with Crippen LogP contribution in [0.2, 0.25) is 0 Å². The Morgan fingerprint density at radius 3 is 2.59 bits per heavy atom. The summed E-state index contributed by atoms with van der Waals surface area (Å²) in [6.45, 7) is 0. The highest BCUT2D eigenvalue weighted by Gasteiger charge is 2.20. The topological polar surface area (TPSA) is 53.6 Å². The van der Waals surface area contributed by atoms with Crippen molar-refractivity contribution in [3.8, 4) is 0 Å². The smallest absolute Gasteiger partial charge is 0.456 e. The number of rotatable bonds is 1. The third-order valence-corrected chi connectivity index (χ3v) is 3.68. The van der Waals surface area contributed by atoms with Crippen molar-refractivity contribution in [1.82, 2.24) is 0 Å². The third kappa shape index (κ3) is 1.65. The monoisotopic (exact) mass is 338 g/mol. The molecule has 0 unspecified atom stereocenters. The molecule has 3 nitrogen and oxygen atoms in total. The second kappa shape index (κ2) is 4.01. The van der Waals surface area contributed by atoms with Crippen molar-refractivity contribution in [3.05, 3.63) is 40.0 Å². The van der Waals surface area contributed by atoms with Crippen molar-refractivity contribution >= 4 is 57.1 Å². The highest BCUT2D eigenvalue weighted by Crippen LogP contribution is 2.30. The lowest BCUT2D eigenvalue weighted by Crippen LogP contribution is -2.30. The fourth-order valence-corrected chi connectivity index (χ4v) is 2.73. The summed E-state index contributed by atoms with van der Waals surface area (Å²) in [4.78, 5) is 0. The number of furan rings is 1. The summed E-state index contributed by atoms with van der Waals surface area (Å²) in [7, 11) is -1.52. The van der Waals surface area contributed by atoms with Crippen LogP contribution in [0.5, 0.6) is 0 Å². The van der Waals surface area contributed by atoms with Gasteiger partial charge < -0.3 is 14.5 Å². The quantitative estimate of drug-likeness (QED) is 0.526. The first kappa shape index (κ1) is 11.1. The van der Waals surface area contributed by atoms with E-state index in [0.717, 1.165) is 19.9 Å². The zero-order valence-electron chi connectivity index (χ0n) is 8.72. The standard InChI is InChI=1S/C12H8BIO3/c14-9-6-5-8(13(15)16)12-11(9)7-3-1-2-4-10(7)17-12/h1-6,15-16H. The van der Waals surface area contributed by atoms with Gasteiger partial charge in [0.2, 0.25) is 0 Å². The fraction of sp³-hybridized carbons (Fsp3) is 0. The minimum atomic E-state index is -1.52. The Morgan fingerprint density at radius 2 is 1.82 bits per heavy atom. The molecule has 5 heteroatoms. The van der Waals surface area contributed by atoms with E-state index in [1.807, 2.05) is 30.3 Å². The lowest BCUT2D eigenvalue weighted by Gasteiger charge is -2.01. The first-order valence-corrected chi connectivity index (χ1v) is 6.22. The Labute approximate surface area is 111 Å². The molecular formula is C12H8BIO3. The summed E-state index contributed by atoms with van der Waals surface area (Å²) in [5.74, 6) is 0. The second-order valence-electron chi connectivity index (χ2n) is 3.81. The van der Waals surface area contributed by atoms with E-state index in [2.05, 4.69) is 22.6 Å². The van der Waals surface area contributed by atoms with Gasteiger partial charge in [-0.1, -0.05) is 24.3 Å². The number of fused-ring (bicyclic) bond motifs is 3. The molecule has 17 heavy (non-hydrogen) atoms. The van der Waals surface area contributed by atoms with E-state index < -0.39 is 7.12 Å². The Morgan fingerprint density at radius 1 is 1.06 bits per heavy atom. The first-order chi connectivity index (χ1) is 8.18. The number of halogens is 1. The molecule has 1 heterocycles. The number of hydrogen-bond acceptors (Lipinski definition) is 3. The summed E-state index contributed by atoms with van der Waals surface area (Å²) < 4.78 is 6.74. The molecule has 3 aromatic rings. The van der Waals surface area contributed by atoms with Gasteiger partial charge in [-0.15, -0.1) is 0 Å². The minimum Gasteiger partial charge on any atom is -0.456 e. The van der Waals surface area contributed by atoms with Gasteiger partial charge >= 0.3 is 7.12 Å². The molecule has 0 aliphatic heterocycles. The van der Waals surface area contributed by atoms with Gasteiger partial charge in [0.1, 0.15) is 11.2 Å². The summed E-state index contributed by atoms with van der Waals surface area (Å²) in [5, 5.41) is 20.6. The van der Waals surface area contributed by atoms with Crippen LogP contribution < -0.4 is 5.46 Å². The highest BCUT2D eigenvalue weighted by atomic mass is 127. The van der Waals surface area contributed by atoms with Crippen LogP contribution in [0.3, 0.4) is 0 Å². The largest absolute Gasteiger partial charge is 0.492 e. The summed E-state index contributed by atoms with van der Waals surface area (Å²) in [6.07, 6.45) is 0.